The fraction of sp³-hybridized carbons (Fsp3) is 0.333. The second-order valence-electron chi connectivity index (χ2n) is 3.22. The van der Waals surface area contributed by atoms with E-state index >= 15 is 0 Å². The van der Waals surface area contributed by atoms with E-state index in [4.69, 9.17) is 18.0 Å². The highest BCUT2D eigenvalue weighted by Crippen LogP contribution is 2.18. The Balaban J connectivity index is 2.76. The van der Waals surface area contributed by atoms with Gasteiger partial charge in [-0.2, -0.15) is 0 Å². The Morgan fingerprint density at radius 2 is 2.33 bits per heavy atom. The van der Waals surface area contributed by atoms with Crippen LogP contribution in [0.1, 0.15) is 12.5 Å². The summed E-state index contributed by atoms with van der Waals surface area (Å²) in [5, 5.41) is 3.56. The SMILES string of the molecule is C#CC(Cc1ccc(F)cc1Cl)NCC. The van der Waals surface area contributed by atoms with Crippen molar-refractivity contribution in [3.05, 3.63) is 34.6 Å². The molecule has 0 aliphatic heterocycles. The lowest BCUT2D eigenvalue weighted by Crippen LogP contribution is -2.29. The smallest absolute Gasteiger partial charge is 0.124 e. The van der Waals surface area contributed by atoms with E-state index in [9.17, 15) is 4.39 Å². The monoisotopic (exact) mass is 225 g/mol. The number of likely N-dealkylation sites (N-methyl/N-ethyl adjacent to an activating group) is 1. The number of rotatable bonds is 4. The predicted molar refractivity (Wildman–Crippen MR) is 61.4 cm³/mol. The highest BCUT2D eigenvalue weighted by atomic mass is 35.5. The zero-order chi connectivity index (χ0) is 11.3. The van der Waals surface area contributed by atoms with Gasteiger partial charge in [0, 0.05) is 11.4 Å². The topological polar surface area (TPSA) is 12.0 Å². The molecule has 1 rings (SSSR count). The first-order chi connectivity index (χ1) is 7.17. The number of terminal acetylenes is 1. The van der Waals surface area contributed by atoms with Crippen LogP contribution in [0.25, 0.3) is 0 Å². The molecule has 1 N–H and O–H groups in total. The molecule has 0 fully saturated rings. The van der Waals surface area contributed by atoms with Crippen molar-refractivity contribution in [3.8, 4) is 12.3 Å². The van der Waals surface area contributed by atoms with Crippen LogP contribution in [0.15, 0.2) is 18.2 Å². The zero-order valence-corrected chi connectivity index (χ0v) is 9.31. The van der Waals surface area contributed by atoms with Crippen molar-refractivity contribution in [3.63, 3.8) is 0 Å². The third-order valence-corrected chi connectivity index (χ3v) is 2.44. The van der Waals surface area contributed by atoms with Crippen molar-refractivity contribution in [2.45, 2.75) is 19.4 Å². The van der Waals surface area contributed by atoms with Gasteiger partial charge in [-0.3, -0.25) is 0 Å². The van der Waals surface area contributed by atoms with Gasteiger partial charge in [0.2, 0.25) is 0 Å². The van der Waals surface area contributed by atoms with Crippen molar-refractivity contribution in [2.24, 2.45) is 0 Å². The maximum atomic E-state index is 12.8. The Hall–Kier alpha value is -1.04. The molecule has 0 amide bonds. The second-order valence-corrected chi connectivity index (χ2v) is 3.62. The maximum absolute atomic E-state index is 12.8. The number of hydrogen-bond acceptors (Lipinski definition) is 1. The number of benzene rings is 1. The Morgan fingerprint density at radius 1 is 1.60 bits per heavy atom. The lowest BCUT2D eigenvalue weighted by atomic mass is 10.1. The molecule has 0 spiro atoms. The van der Waals surface area contributed by atoms with Crippen molar-refractivity contribution in [1.82, 2.24) is 5.32 Å². The summed E-state index contributed by atoms with van der Waals surface area (Å²) in [6.45, 7) is 2.78. The van der Waals surface area contributed by atoms with Gasteiger partial charge in [-0.25, -0.2) is 4.39 Å². The minimum Gasteiger partial charge on any atom is -0.304 e. The van der Waals surface area contributed by atoms with Gasteiger partial charge in [0.25, 0.3) is 0 Å². The van der Waals surface area contributed by atoms with Crippen molar-refractivity contribution >= 4 is 11.6 Å². The fourth-order valence-corrected chi connectivity index (χ4v) is 1.59. The average molecular weight is 226 g/mol. The van der Waals surface area contributed by atoms with Gasteiger partial charge in [0.15, 0.2) is 0 Å². The summed E-state index contributed by atoms with van der Waals surface area (Å²) < 4.78 is 12.8. The van der Waals surface area contributed by atoms with Crippen LogP contribution in [0.2, 0.25) is 5.02 Å². The van der Waals surface area contributed by atoms with Crippen molar-refractivity contribution in [2.75, 3.05) is 6.54 Å². The van der Waals surface area contributed by atoms with E-state index < -0.39 is 0 Å². The van der Waals surface area contributed by atoms with Gasteiger partial charge >= 0.3 is 0 Å². The van der Waals surface area contributed by atoms with Crippen LogP contribution >= 0.6 is 11.6 Å². The molecule has 1 aromatic rings. The molecule has 0 heterocycles. The first kappa shape index (κ1) is 12.0. The minimum absolute atomic E-state index is 0.0574. The van der Waals surface area contributed by atoms with Crippen LogP contribution in [0, 0.1) is 18.2 Å². The van der Waals surface area contributed by atoms with Crippen LogP contribution in [0.4, 0.5) is 4.39 Å². The average Bonchev–Trinajstić information content (AvgIpc) is 2.21. The summed E-state index contributed by atoms with van der Waals surface area (Å²) in [5.74, 6) is 2.30. The van der Waals surface area contributed by atoms with E-state index in [1.165, 1.54) is 12.1 Å². The number of nitrogens with one attached hydrogen (secondary N) is 1. The van der Waals surface area contributed by atoms with E-state index in [0.29, 0.717) is 11.4 Å². The molecule has 1 aromatic carbocycles. The third kappa shape index (κ3) is 3.54. The molecule has 0 saturated heterocycles. The van der Waals surface area contributed by atoms with Gasteiger partial charge in [0.05, 0.1) is 6.04 Å². The molecule has 0 aliphatic carbocycles. The molecule has 1 nitrogen and oxygen atoms in total. The first-order valence-electron chi connectivity index (χ1n) is 4.80. The number of hydrogen-bond donors (Lipinski definition) is 1. The largest absolute Gasteiger partial charge is 0.304 e. The molecular weight excluding hydrogens is 213 g/mol. The highest BCUT2D eigenvalue weighted by Gasteiger charge is 2.08. The summed E-state index contributed by atoms with van der Waals surface area (Å²) in [5.41, 5.74) is 0.863. The molecule has 0 aliphatic rings. The molecule has 0 saturated carbocycles. The molecule has 0 aromatic heterocycles. The standard InChI is InChI=1S/C12H13ClFN/c1-3-11(15-4-2)7-9-5-6-10(14)8-12(9)13/h1,5-6,8,11,15H,4,7H2,2H3. The summed E-state index contributed by atoms with van der Waals surface area (Å²) in [4.78, 5) is 0. The quantitative estimate of drug-likeness (QED) is 0.777. The van der Waals surface area contributed by atoms with Crippen molar-refractivity contribution < 1.29 is 4.39 Å². The molecular formula is C12H13ClFN. The van der Waals surface area contributed by atoms with Gasteiger partial charge in [0.1, 0.15) is 5.82 Å². The van der Waals surface area contributed by atoms with E-state index in [2.05, 4.69) is 11.2 Å². The molecule has 1 atom stereocenters. The molecule has 0 radical (unpaired) electrons. The Labute approximate surface area is 94.6 Å². The summed E-state index contributed by atoms with van der Waals surface area (Å²) in [7, 11) is 0. The molecule has 15 heavy (non-hydrogen) atoms. The maximum Gasteiger partial charge on any atom is 0.124 e. The van der Waals surface area contributed by atoms with Crippen LogP contribution in [-0.4, -0.2) is 12.6 Å². The van der Waals surface area contributed by atoms with Crippen LogP contribution in [0.5, 0.6) is 0 Å². The molecule has 1 unspecified atom stereocenters. The normalized spacial score (nSPS) is 12.1. The fourth-order valence-electron chi connectivity index (χ4n) is 1.34. The van der Waals surface area contributed by atoms with Gasteiger partial charge in [-0.05, 0) is 24.2 Å². The lowest BCUT2D eigenvalue weighted by molar-refractivity contribution is 0.617. The summed E-state index contributed by atoms with van der Waals surface area (Å²) in [6.07, 6.45) is 5.97. The zero-order valence-electron chi connectivity index (χ0n) is 8.56. The van der Waals surface area contributed by atoms with Crippen LogP contribution in [-0.2, 0) is 6.42 Å². The molecule has 80 valence electrons. The van der Waals surface area contributed by atoms with Gasteiger partial charge in [-0.15, -0.1) is 6.42 Å². The summed E-state index contributed by atoms with van der Waals surface area (Å²) >= 11 is 5.89. The van der Waals surface area contributed by atoms with Crippen LogP contribution in [0.3, 0.4) is 0 Å². The Bertz CT molecular complexity index is 370. The molecule has 3 heteroatoms. The molecule has 0 bridgehead atoms. The summed E-state index contributed by atoms with van der Waals surface area (Å²) in [6, 6.07) is 4.30. The van der Waals surface area contributed by atoms with E-state index in [1.807, 2.05) is 6.92 Å². The third-order valence-electron chi connectivity index (χ3n) is 2.09. The first-order valence-corrected chi connectivity index (χ1v) is 5.18. The van der Waals surface area contributed by atoms with E-state index in [0.717, 1.165) is 12.1 Å². The van der Waals surface area contributed by atoms with Gasteiger partial charge < -0.3 is 5.32 Å². The minimum atomic E-state index is -0.329. The van der Waals surface area contributed by atoms with E-state index in [1.54, 1.807) is 6.07 Å². The number of halogens is 2. The van der Waals surface area contributed by atoms with Gasteiger partial charge in [-0.1, -0.05) is 30.5 Å². The highest BCUT2D eigenvalue weighted by molar-refractivity contribution is 6.31. The second kappa shape index (κ2) is 5.75. The van der Waals surface area contributed by atoms with Crippen molar-refractivity contribution in [1.29, 1.82) is 0 Å². The van der Waals surface area contributed by atoms with Crippen LogP contribution < -0.4 is 5.32 Å². The lowest BCUT2D eigenvalue weighted by Gasteiger charge is -2.12. The predicted octanol–water partition coefficient (Wildman–Crippen LogP) is 2.63. The Kier molecular flexibility index (Phi) is 4.61. The van der Waals surface area contributed by atoms with E-state index in [-0.39, 0.29) is 11.9 Å². The Morgan fingerprint density at radius 3 is 2.87 bits per heavy atom.